The van der Waals surface area contributed by atoms with Gasteiger partial charge in [0.05, 0.1) is 12.5 Å². The van der Waals surface area contributed by atoms with E-state index in [-0.39, 0.29) is 6.42 Å². The summed E-state index contributed by atoms with van der Waals surface area (Å²) in [7, 11) is 0. The second-order valence-electron chi connectivity index (χ2n) is 4.21. The van der Waals surface area contributed by atoms with E-state index < -0.39 is 30.1 Å². The molecule has 0 bridgehead atoms. The average Bonchev–Trinajstić information content (AvgIpc) is 2.44. The second kappa shape index (κ2) is 9.41. The predicted octanol–water partition coefficient (Wildman–Crippen LogP) is 0.738. The molecule has 0 unspecified atom stereocenters. The molecule has 0 heterocycles. The third-order valence-corrected chi connectivity index (χ3v) is 2.28. The summed E-state index contributed by atoms with van der Waals surface area (Å²) < 4.78 is 31.7. The smallest absolute Gasteiger partial charge is 0.481 e. The normalized spacial score (nSPS) is 11.7. The van der Waals surface area contributed by atoms with Gasteiger partial charge in [-0.05, 0) is 5.56 Å². The maximum atomic E-state index is 11.4. The van der Waals surface area contributed by atoms with E-state index in [1.54, 1.807) is 0 Å². The van der Waals surface area contributed by atoms with Crippen LogP contribution in [0.5, 0.6) is 0 Å². The van der Waals surface area contributed by atoms with Crippen LogP contribution in [0.2, 0.25) is 0 Å². The topological polar surface area (TPSA) is 130 Å². The highest BCUT2D eigenvalue weighted by Gasteiger charge is 2.38. The third-order valence-electron chi connectivity index (χ3n) is 2.28. The fourth-order valence-electron chi connectivity index (χ4n) is 1.20. The molecule has 5 N–H and O–H groups in total. The third kappa shape index (κ3) is 9.85. The van der Waals surface area contributed by atoms with Crippen molar-refractivity contribution < 1.29 is 37.8 Å². The molecule has 0 saturated heterocycles. The maximum Gasteiger partial charge on any atom is 0.490 e. The van der Waals surface area contributed by atoms with Crippen molar-refractivity contribution in [2.24, 2.45) is 5.73 Å². The Bertz CT molecular complexity index is 534. The van der Waals surface area contributed by atoms with Crippen LogP contribution in [0.15, 0.2) is 30.3 Å². The summed E-state index contributed by atoms with van der Waals surface area (Å²) in [6, 6.07) is 8.33. The lowest BCUT2D eigenvalue weighted by Crippen LogP contribution is -2.41. The molecule has 0 fully saturated rings. The first kappa shape index (κ1) is 20.4. The number of amides is 1. The molecule has 10 heteroatoms. The monoisotopic (exact) mass is 336 g/mol. The van der Waals surface area contributed by atoms with E-state index in [4.69, 9.17) is 20.7 Å². The van der Waals surface area contributed by atoms with E-state index in [0.29, 0.717) is 6.54 Å². The van der Waals surface area contributed by atoms with E-state index in [1.165, 1.54) is 0 Å². The van der Waals surface area contributed by atoms with Crippen molar-refractivity contribution in [3.05, 3.63) is 35.9 Å². The van der Waals surface area contributed by atoms with E-state index in [1.807, 2.05) is 30.3 Å². The number of carboxylic acid groups (broad SMARTS) is 2. The molecule has 7 nitrogen and oxygen atoms in total. The first-order valence-electron chi connectivity index (χ1n) is 6.13. The summed E-state index contributed by atoms with van der Waals surface area (Å²) in [5.41, 5.74) is 6.33. The van der Waals surface area contributed by atoms with Crippen molar-refractivity contribution in [2.75, 3.05) is 0 Å². The van der Waals surface area contributed by atoms with Crippen LogP contribution in [0, 0.1) is 0 Å². The van der Waals surface area contributed by atoms with Crippen LogP contribution in [-0.2, 0) is 20.9 Å². The zero-order chi connectivity index (χ0) is 18.0. The quantitative estimate of drug-likeness (QED) is 0.627. The number of rotatable bonds is 5. The highest BCUT2D eigenvalue weighted by molar-refractivity contribution is 5.85. The van der Waals surface area contributed by atoms with Gasteiger partial charge in [-0.2, -0.15) is 13.2 Å². The number of benzene rings is 1. The molecule has 23 heavy (non-hydrogen) atoms. The number of nitrogens with two attached hydrogens (primary N) is 1. The molecule has 0 radical (unpaired) electrons. The summed E-state index contributed by atoms with van der Waals surface area (Å²) in [6.45, 7) is 0.354. The van der Waals surface area contributed by atoms with Gasteiger partial charge in [-0.3, -0.25) is 9.59 Å². The van der Waals surface area contributed by atoms with Gasteiger partial charge >= 0.3 is 18.1 Å². The SMILES string of the molecule is N[C@@H](CC(=O)O)C(=O)NCc1ccccc1.O=C(O)C(F)(F)F. The van der Waals surface area contributed by atoms with Crippen LogP contribution in [0.25, 0.3) is 0 Å². The number of hydrogen-bond acceptors (Lipinski definition) is 4. The second-order valence-corrected chi connectivity index (χ2v) is 4.21. The molecule has 0 aliphatic rings. The molecule has 1 rings (SSSR count). The zero-order valence-corrected chi connectivity index (χ0v) is 11.7. The van der Waals surface area contributed by atoms with Crippen molar-refractivity contribution in [1.82, 2.24) is 5.32 Å². The Labute approximate surface area is 128 Å². The molecule has 1 aromatic carbocycles. The van der Waals surface area contributed by atoms with E-state index >= 15 is 0 Å². The standard InChI is InChI=1S/C11H14N2O3.C2HF3O2/c12-9(6-10(14)15)11(16)13-7-8-4-2-1-3-5-8;3-2(4,5)1(6)7/h1-5,9H,6-7,12H2,(H,13,16)(H,14,15);(H,6,7)/t9-;/m0./s1. The number of carbonyl (C=O) groups excluding carboxylic acids is 1. The summed E-state index contributed by atoms with van der Waals surface area (Å²) >= 11 is 0. The van der Waals surface area contributed by atoms with E-state index in [9.17, 15) is 22.8 Å². The highest BCUT2D eigenvalue weighted by atomic mass is 19.4. The summed E-state index contributed by atoms with van der Waals surface area (Å²) in [5.74, 6) is -4.29. The molecular formula is C13H15F3N2O5. The Morgan fingerprint density at radius 2 is 1.61 bits per heavy atom. The first-order valence-corrected chi connectivity index (χ1v) is 6.13. The van der Waals surface area contributed by atoms with Gasteiger partial charge in [0.1, 0.15) is 0 Å². The van der Waals surface area contributed by atoms with Crippen LogP contribution in [0.3, 0.4) is 0 Å². The number of alkyl halides is 3. The lowest BCUT2D eigenvalue weighted by molar-refractivity contribution is -0.192. The molecule has 1 aromatic rings. The fourth-order valence-corrected chi connectivity index (χ4v) is 1.20. The van der Waals surface area contributed by atoms with Gasteiger partial charge in [0.15, 0.2) is 0 Å². The highest BCUT2D eigenvalue weighted by Crippen LogP contribution is 2.13. The Morgan fingerprint density at radius 3 is 2.00 bits per heavy atom. The van der Waals surface area contributed by atoms with Gasteiger partial charge in [0.25, 0.3) is 0 Å². The van der Waals surface area contributed by atoms with Gasteiger partial charge in [-0.15, -0.1) is 0 Å². The minimum atomic E-state index is -5.08. The Morgan fingerprint density at radius 1 is 1.13 bits per heavy atom. The molecule has 0 saturated carbocycles. The number of carbonyl (C=O) groups is 3. The van der Waals surface area contributed by atoms with Crippen molar-refractivity contribution in [2.45, 2.75) is 25.2 Å². The van der Waals surface area contributed by atoms with Gasteiger partial charge < -0.3 is 21.3 Å². The summed E-state index contributed by atoms with van der Waals surface area (Å²) in [4.78, 5) is 30.6. The molecule has 128 valence electrons. The van der Waals surface area contributed by atoms with Crippen molar-refractivity contribution in [3.8, 4) is 0 Å². The molecule has 0 aromatic heterocycles. The molecule has 0 aliphatic carbocycles. The summed E-state index contributed by atoms with van der Waals surface area (Å²) in [5, 5.41) is 18.2. The van der Waals surface area contributed by atoms with Crippen molar-refractivity contribution in [3.63, 3.8) is 0 Å². The molecular weight excluding hydrogens is 321 g/mol. The minimum Gasteiger partial charge on any atom is -0.481 e. The van der Waals surface area contributed by atoms with Gasteiger partial charge in [0, 0.05) is 6.54 Å². The van der Waals surface area contributed by atoms with Crippen LogP contribution in [-0.4, -0.2) is 40.3 Å². The number of carboxylic acids is 2. The van der Waals surface area contributed by atoms with Crippen molar-refractivity contribution in [1.29, 1.82) is 0 Å². The van der Waals surface area contributed by atoms with Crippen LogP contribution >= 0.6 is 0 Å². The number of halogens is 3. The van der Waals surface area contributed by atoms with Crippen LogP contribution in [0.4, 0.5) is 13.2 Å². The van der Waals surface area contributed by atoms with Gasteiger partial charge in [-0.25, -0.2) is 4.79 Å². The van der Waals surface area contributed by atoms with Gasteiger partial charge in [-0.1, -0.05) is 30.3 Å². The molecule has 0 aliphatic heterocycles. The lowest BCUT2D eigenvalue weighted by Gasteiger charge is -2.09. The average molecular weight is 336 g/mol. The van der Waals surface area contributed by atoms with Crippen LogP contribution in [0.1, 0.15) is 12.0 Å². The van der Waals surface area contributed by atoms with Gasteiger partial charge in [0.2, 0.25) is 5.91 Å². The van der Waals surface area contributed by atoms with E-state index in [0.717, 1.165) is 5.56 Å². The number of hydrogen-bond donors (Lipinski definition) is 4. The Kier molecular flexibility index (Phi) is 8.34. The summed E-state index contributed by atoms with van der Waals surface area (Å²) in [6.07, 6.45) is -5.44. The Hall–Kier alpha value is -2.62. The molecule has 0 spiro atoms. The zero-order valence-electron chi connectivity index (χ0n) is 11.7. The number of aliphatic carboxylic acids is 2. The van der Waals surface area contributed by atoms with Crippen LogP contribution < -0.4 is 11.1 Å². The molecule has 1 atom stereocenters. The van der Waals surface area contributed by atoms with E-state index in [2.05, 4.69) is 5.32 Å². The first-order chi connectivity index (χ1) is 10.5. The number of nitrogens with one attached hydrogen (secondary N) is 1. The lowest BCUT2D eigenvalue weighted by atomic mass is 10.2. The largest absolute Gasteiger partial charge is 0.490 e. The Balaban J connectivity index is 0.000000585. The minimum absolute atomic E-state index is 0.354. The predicted molar refractivity (Wildman–Crippen MR) is 72.2 cm³/mol. The fraction of sp³-hybridized carbons (Fsp3) is 0.308. The van der Waals surface area contributed by atoms with Crippen molar-refractivity contribution >= 4 is 17.8 Å². The maximum absolute atomic E-state index is 11.4. The molecule has 1 amide bonds.